The molecule has 0 heterocycles. The lowest BCUT2D eigenvalue weighted by molar-refractivity contribution is -0.969. The molecule has 0 aromatic carbocycles. The number of allylic oxidation sites excluding steroid dienone is 2. The summed E-state index contributed by atoms with van der Waals surface area (Å²) in [5.74, 6) is -3.86. The first kappa shape index (κ1) is 30.1. The summed E-state index contributed by atoms with van der Waals surface area (Å²) in [4.78, 5) is 35.1. The van der Waals surface area contributed by atoms with Gasteiger partial charge in [-0.05, 0) is 52.9 Å². The molecular formula is C25H45NO6. The molecule has 0 aliphatic heterocycles. The van der Waals surface area contributed by atoms with E-state index in [9.17, 15) is 29.7 Å². The highest BCUT2D eigenvalue weighted by atomic mass is 16.4. The second-order valence-corrected chi connectivity index (χ2v) is 8.97. The Morgan fingerprint density at radius 1 is 0.719 bits per heavy atom. The average molecular weight is 456 g/mol. The topological polar surface area (TPSA) is 115 Å². The van der Waals surface area contributed by atoms with Crippen molar-refractivity contribution in [3.8, 4) is 0 Å². The molecule has 0 aromatic heterocycles. The van der Waals surface area contributed by atoms with Gasteiger partial charge in [0.05, 0.1) is 12.5 Å². The van der Waals surface area contributed by atoms with Gasteiger partial charge in [-0.25, -0.2) is 9.59 Å². The first-order valence-electron chi connectivity index (χ1n) is 12.3. The van der Waals surface area contributed by atoms with E-state index in [0.717, 1.165) is 19.3 Å². The van der Waals surface area contributed by atoms with Gasteiger partial charge in [0, 0.05) is 0 Å². The molecule has 0 amide bonds. The summed E-state index contributed by atoms with van der Waals surface area (Å²) >= 11 is 0. The lowest BCUT2D eigenvalue weighted by Crippen LogP contribution is -2.72. The maximum Gasteiger partial charge on any atom is 0.362 e. The Bertz CT molecular complexity index is 539. The predicted octanol–water partition coefficient (Wildman–Crippen LogP) is 4.15. The fraction of sp³-hybridized carbons (Fsp3) is 0.800. The summed E-state index contributed by atoms with van der Waals surface area (Å²) in [5.41, 5.74) is 0. The number of quaternary nitrogens is 1. The van der Waals surface area contributed by atoms with Crippen molar-refractivity contribution in [2.75, 3.05) is 6.54 Å². The van der Waals surface area contributed by atoms with Gasteiger partial charge in [0.2, 0.25) is 0 Å². The van der Waals surface area contributed by atoms with Crippen LogP contribution in [-0.4, -0.2) is 57.3 Å². The normalized spacial score (nSPS) is 16.4. The van der Waals surface area contributed by atoms with E-state index in [-0.39, 0.29) is 6.54 Å². The zero-order valence-corrected chi connectivity index (χ0v) is 20.6. The quantitative estimate of drug-likeness (QED) is 0.162. The molecule has 0 spiro atoms. The van der Waals surface area contributed by atoms with E-state index in [0.29, 0.717) is 6.42 Å². The minimum absolute atomic E-state index is 0.155. The number of hydrogen-bond acceptors (Lipinski definition) is 4. The van der Waals surface area contributed by atoms with Crippen molar-refractivity contribution >= 4 is 17.9 Å². The first-order valence-corrected chi connectivity index (χ1v) is 12.3. The maximum atomic E-state index is 11.7. The largest absolute Gasteiger partial charge is 0.544 e. The SMILES string of the molecule is CCCCCCCCCC/C=C/CCCC[N+](C(C)C(=O)[O-])(C(C)C(=O)O)C(C)C(=O)O. The third-order valence-corrected chi connectivity index (χ3v) is 6.78. The van der Waals surface area contributed by atoms with Crippen molar-refractivity contribution < 1.29 is 34.2 Å². The van der Waals surface area contributed by atoms with E-state index in [1.807, 2.05) is 0 Å². The molecule has 3 unspecified atom stereocenters. The Balaban J connectivity index is 4.60. The number of carboxylic acid groups (broad SMARTS) is 3. The number of carbonyl (C=O) groups excluding carboxylic acids is 1. The highest BCUT2D eigenvalue weighted by Gasteiger charge is 2.50. The van der Waals surface area contributed by atoms with Crippen molar-refractivity contribution in [1.29, 1.82) is 0 Å². The van der Waals surface area contributed by atoms with E-state index < -0.39 is 40.5 Å². The molecule has 7 nitrogen and oxygen atoms in total. The Kier molecular flexibility index (Phi) is 15.7. The van der Waals surface area contributed by atoms with E-state index in [1.165, 1.54) is 72.1 Å². The monoisotopic (exact) mass is 455 g/mol. The van der Waals surface area contributed by atoms with Crippen LogP contribution in [-0.2, 0) is 14.4 Å². The van der Waals surface area contributed by atoms with Crippen LogP contribution < -0.4 is 5.11 Å². The van der Waals surface area contributed by atoms with Crippen LogP contribution in [0.2, 0.25) is 0 Å². The molecule has 32 heavy (non-hydrogen) atoms. The van der Waals surface area contributed by atoms with E-state index >= 15 is 0 Å². The Hall–Kier alpha value is -1.89. The van der Waals surface area contributed by atoms with Gasteiger partial charge in [-0.15, -0.1) is 0 Å². The van der Waals surface area contributed by atoms with Gasteiger partial charge in [0.25, 0.3) is 0 Å². The average Bonchev–Trinajstić information content (AvgIpc) is 2.75. The minimum Gasteiger partial charge on any atom is -0.544 e. The van der Waals surface area contributed by atoms with Crippen LogP contribution in [0.3, 0.4) is 0 Å². The Labute approximate surface area is 194 Å². The summed E-state index contributed by atoms with van der Waals surface area (Å²) in [7, 11) is 0. The molecule has 0 aromatic rings. The van der Waals surface area contributed by atoms with Crippen molar-refractivity contribution in [2.45, 2.75) is 123 Å². The predicted molar refractivity (Wildman–Crippen MR) is 124 cm³/mol. The highest BCUT2D eigenvalue weighted by molar-refractivity contribution is 5.76. The molecule has 0 aliphatic rings. The van der Waals surface area contributed by atoms with E-state index in [2.05, 4.69) is 19.1 Å². The van der Waals surface area contributed by atoms with Crippen LogP contribution in [0, 0.1) is 0 Å². The van der Waals surface area contributed by atoms with Gasteiger partial charge < -0.3 is 20.1 Å². The molecular weight excluding hydrogens is 410 g/mol. The lowest BCUT2D eigenvalue weighted by atomic mass is 10.0. The molecule has 0 bridgehead atoms. The molecule has 0 fully saturated rings. The summed E-state index contributed by atoms with van der Waals surface area (Å²) in [5, 5.41) is 30.7. The van der Waals surface area contributed by atoms with Gasteiger partial charge in [-0.2, -0.15) is 0 Å². The smallest absolute Gasteiger partial charge is 0.362 e. The van der Waals surface area contributed by atoms with Crippen molar-refractivity contribution in [1.82, 2.24) is 0 Å². The van der Waals surface area contributed by atoms with Crippen molar-refractivity contribution in [3.05, 3.63) is 12.2 Å². The van der Waals surface area contributed by atoms with Gasteiger partial charge in [0.15, 0.2) is 12.1 Å². The van der Waals surface area contributed by atoms with Gasteiger partial charge >= 0.3 is 11.9 Å². The van der Waals surface area contributed by atoms with Crippen LogP contribution >= 0.6 is 0 Å². The minimum atomic E-state index is -1.43. The molecule has 0 radical (unpaired) electrons. The van der Waals surface area contributed by atoms with Crippen LogP contribution in [0.15, 0.2) is 12.2 Å². The third-order valence-electron chi connectivity index (χ3n) is 6.78. The molecule has 0 saturated carbocycles. The molecule has 0 aliphatic carbocycles. The second-order valence-electron chi connectivity index (χ2n) is 8.97. The summed E-state index contributed by atoms with van der Waals surface area (Å²) in [6.45, 7) is 6.48. The number of carboxylic acids is 3. The van der Waals surface area contributed by atoms with E-state index in [4.69, 9.17) is 0 Å². The number of carbonyl (C=O) groups is 3. The molecule has 3 atom stereocenters. The number of rotatable bonds is 20. The van der Waals surface area contributed by atoms with Crippen molar-refractivity contribution in [3.63, 3.8) is 0 Å². The summed E-state index contributed by atoms with van der Waals surface area (Å²) < 4.78 is -0.561. The van der Waals surface area contributed by atoms with Crippen LogP contribution in [0.4, 0.5) is 0 Å². The van der Waals surface area contributed by atoms with Crippen LogP contribution in [0.25, 0.3) is 0 Å². The summed E-state index contributed by atoms with van der Waals surface area (Å²) in [6, 6.07) is -3.59. The zero-order valence-electron chi connectivity index (χ0n) is 20.6. The standard InChI is InChI=1S/C25H45NO6/c1-5-6-7-8-9-10-11-12-13-14-15-16-17-18-19-26(20(2)23(27)28,21(3)24(29)30)22(4)25(31)32/h14-15,20-22H,5-13,16-19H2,1-4H3,(H2-,27,28,29,30,31,32)/b15-14+. The maximum absolute atomic E-state index is 11.7. The van der Waals surface area contributed by atoms with E-state index in [1.54, 1.807) is 0 Å². The van der Waals surface area contributed by atoms with Crippen LogP contribution in [0.5, 0.6) is 0 Å². The molecule has 186 valence electrons. The number of nitrogens with zero attached hydrogens (tertiary/aromatic N) is 1. The molecule has 7 heteroatoms. The Morgan fingerprint density at radius 3 is 1.53 bits per heavy atom. The molecule has 2 N–H and O–H groups in total. The van der Waals surface area contributed by atoms with Crippen LogP contribution in [0.1, 0.15) is 105 Å². The second kappa shape index (κ2) is 16.7. The van der Waals surface area contributed by atoms with Gasteiger partial charge in [-0.3, -0.25) is 4.48 Å². The third kappa shape index (κ3) is 10.2. The number of unbranched alkanes of at least 4 members (excludes halogenated alkanes) is 10. The Morgan fingerprint density at radius 2 is 1.12 bits per heavy atom. The highest BCUT2D eigenvalue weighted by Crippen LogP contribution is 2.27. The molecule has 0 rings (SSSR count). The van der Waals surface area contributed by atoms with Gasteiger partial charge in [0.1, 0.15) is 6.04 Å². The zero-order chi connectivity index (χ0) is 24.6. The fourth-order valence-electron chi connectivity index (χ4n) is 4.47. The van der Waals surface area contributed by atoms with Gasteiger partial charge in [-0.1, -0.05) is 64.0 Å². The number of hydrogen-bond donors (Lipinski definition) is 2. The fourth-order valence-corrected chi connectivity index (χ4v) is 4.47. The van der Waals surface area contributed by atoms with Crippen molar-refractivity contribution in [2.24, 2.45) is 0 Å². The summed E-state index contributed by atoms with van der Waals surface area (Å²) in [6.07, 6.45) is 17.7. The number of aliphatic carboxylic acids is 3. The first-order chi connectivity index (χ1) is 15.1. The lowest BCUT2D eigenvalue weighted by Gasteiger charge is -2.49. The molecule has 0 saturated heterocycles.